The van der Waals surface area contributed by atoms with Gasteiger partial charge in [0.1, 0.15) is 0 Å². The van der Waals surface area contributed by atoms with Gasteiger partial charge in [0, 0.05) is 12.4 Å². The number of halogens is 3. The molecule has 0 radical (unpaired) electrons. The Balaban J connectivity index is 2.32. The molecule has 0 saturated carbocycles. The van der Waals surface area contributed by atoms with E-state index in [2.05, 4.69) is 24.6 Å². The summed E-state index contributed by atoms with van der Waals surface area (Å²) in [7, 11) is 0. The second kappa shape index (κ2) is 4.05. The smallest absolute Gasteiger partial charge is 0.363 e. The minimum absolute atomic E-state index is 0.0688. The van der Waals surface area contributed by atoms with Crippen molar-refractivity contribution in [1.82, 2.24) is 20.1 Å². The van der Waals surface area contributed by atoms with Crippen LogP contribution in [-0.2, 0) is 6.18 Å². The maximum Gasteiger partial charge on any atom is 0.471 e. The Labute approximate surface area is 96.8 Å². The zero-order chi connectivity index (χ0) is 13.3. The standard InChI is InChI=1S/C8H4F3N5O2/c9-8(10,11)7-15-5(16-18-7)3-1-13-6(4(12)17)14-2-3/h1-2H,(H2,12,17). The Morgan fingerprint density at radius 3 is 2.33 bits per heavy atom. The maximum atomic E-state index is 12.2. The van der Waals surface area contributed by atoms with Crippen LogP contribution in [0.1, 0.15) is 16.5 Å². The molecule has 0 fully saturated rings. The molecule has 0 atom stereocenters. The lowest BCUT2D eigenvalue weighted by Crippen LogP contribution is -2.14. The van der Waals surface area contributed by atoms with Gasteiger partial charge in [-0.1, -0.05) is 5.16 Å². The Morgan fingerprint density at radius 2 is 1.89 bits per heavy atom. The van der Waals surface area contributed by atoms with Gasteiger partial charge in [0.15, 0.2) is 0 Å². The first-order valence-electron chi connectivity index (χ1n) is 4.41. The van der Waals surface area contributed by atoms with E-state index in [0.29, 0.717) is 0 Å². The molecule has 0 saturated heterocycles. The van der Waals surface area contributed by atoms with Crippen LogP contribution in [0.15, 0.2) is 16.9 Å². The molecule has 2 N–H and O–H groups in total. The van der Waals surface area contributed by atoms with Crippen molar-refractivity contribution in [3.05, 3.63) is 24.1 Å². The predicted octanol–water partition coefficient (Wildman–Crippen LogP) is 0.644. The molecular formula is C8H4F3N5O2. The number of nitrogens with two attached hydrogens (primary N) is 1. The van der Waals surface area contributed by atoms with Crippen molar-refractivity contribution >= 4 is 5.91 Å². The lowest BCUT2D eigenvalue weighted by Gasteiger charge is -1.96. The lowest BCUT2D eigenvalue weighted by atomic mass is 10.3. The van der Waals surface area contributed by atoms with Gasteiger partial charge >= 0.3 is 12.1 Å². The fourth-order valence-corrected chi connectivity index (χ4v) is 1.03. The van der Waals surface area contributed by atoms with Gasteiger partial charge < -0.3 is 10.3 Å². The molecule has 0 aromatic carbocycles. The maximum absolute atomic E-state index is 12.2. The van der Waals surface area contributed by atoms with Gasteiger partial charge in [-0.25, -0.2) is 9.97 Å². The number of hydrogen-bond acceptors (Lipinski definition) is 6. The summed E-state index contributed by atoms with van der Waals surface area (Å²) in [5, 5.41) is 3.13. The molecule has 18 heavy (non-hydrogen) atoms. The number of amides is 1. The predicted molar refractivity (Wildman–Crippen MR) is 48.8 cm³/mol. The topological polar surface area (TPSA) is 108 Å². The number of carbonyl (C=O) groups is 1. The van der Waals surface area contributed by atoms with E-state index in [0.717, 1.165) is 12.4 Å². The summed E-state index contributed by atoms with van der Waals surface area (Å²) in [5.41, 5.74) is 4.97. The fourth-order valence-electron chi connectivity index (χ4n) is 1.03. The first kappa shape index (κ1) is 12.0. The van der Waals surface area contributed by atoms with Crippen molar-refractivity contribution in [2.45, 2.75) is 6.18 Å². The highest BCUT2D eigenvalue weighted by Crippen LogP contribution is 2.28. The van der Waals surface area contributed by atoms with E-state index in [1.54, 1.807) is 0 Å². The second-order valence-corrected chi connectivity index (χ2v) is 3.08. The van der Waals surface area contributed by atoms with Gasteiger partial charge in [0.05, 0.1) is 5.56 Å². The van der Waals surface area contributed by atoms with E-state index < -0.39 is 18.0 Å². The van der Waals surface area contributed by atoms with Crippen LogP contribution in [0.25, 0.3) is 11.4 Å². The molecule has 0 bridgehead atoms. The van der Waals surface area contributed by atoms with Crippen LogP contribution in [0, 0.1) is 0 Å². The largest absolute Gasteiger partial charge is 0.471 e. The number of aromatic nitrogens is 4. The molecule has 10 heteroatoms. The highest BCUT2D eigenvalue weighted by molar-refractivity contribution is 5.88. The van der Waals surface area contributed by atoms with Gasteiger partial charge in [-0.2, -0.15) is 18.2 Å². The van der Waals surface area contributed by atoms with E-state index in [4.69, 9.17) is 5.73 Å². The number of hydrogen-bond donors (Lipinski definition) is 1. The summed E-state index contributed by atoms with van der Waals surface area (Å²) in [5.74, 6) is -2.93. The van der Waals surface area contributed by atoms with Crippen LogP contribution < -0.4 is 5.73 Å². The van der Waals surface area contributed by atoms with Gasteiger partial charge in [-0.3, -0.25) is 4.79 Å². The van der Waals surface area contributed by atoms with Crippen molar-refractivity contribution in [3.63, 3.8) is 0 Å². The zero-order valence-corrected chi connectivity index (χ0v) is 8.47. The minimum Gasteiger partial charge on any atom is -0.363 e. The van der Waals surface area contributed by atoms with Crippen LogP contribution in [0.2, 0.25) is 0 Å². The van der Waals surface area contributed by atoms with E-state index in [9.17, 15) is 18.0 Å². The van der Waals surface area contributed by atoms with E-state index >= 15 is 0 Å². The normalized spacial score (nSPS) is 11.5. The van der Waals surface area contributed by atoms with Crippen molar-refractivity contribution < 1.29 is 22.5 Å². The van der Waals surface area contributed by atoms with Crippen LogP contribution in [0.5, 0.6) is 0 Å². The van der Waals surface area contributed by atoms with E-state index in [-0.39, 0.29) is 17.2 Å². The molecule has 2 aromatic heterocycles. The molecule has 0 aliphatic heterocycles. The first-order chi connectivity index (χ1) is 8.38. The van der Waals surface area contributed by atoms with Crippen LogP contribution >= 0.6 is 0 Å². The zero-order valence-electron chi connectivity index (χ0n) is 8.47. The molecule has 0 aliphatic rings. The van der Waals surface area contributed by atoms with Crippen molar-refractivity contribution in [1.29, 1.82) is 0 Å². The third-order valence-corrected chi connectivity index (χ3v) is 1.80. The van der Waals surface area contributed by atoms with E-state index in [1.807, 2.05) is 0 Å². The highest BCUT2D eigenvalue weighted by Gasteiger charge is 2.38. The van der Waals surface area contributed by atoms with Crippen LogP contribution in [0.4, 0.5) is 13.2 Å². The van der Waals surface area contributed by atoms with E-state index in [1.165, 1.54) is 0 Å². The highest BCUT2D eigenvalue weighted by atomic mass is 19.4. The number of carbonyl (C=O) groups excluding carboxylic acids is 1. The number of primary amides is 1. The quantitative estimate of drug-likeness (QED) is 0.847. The fraction of sp³-hybridized carbons (Fsp3) is 0.125. The summed E-state index contributed by atoms with van der Waals surface area (Å²) >= 11 is 0. The average Bonchev–Trinajstić information content (AvgIpc) is 2.78. The third-order valence-electron chi connectivity index (χ3n) is 1.80. The molecule has 94 valence electrons. The summed E-state index contributed by atoms with van der Waals surface area (Å²) in [6.45, 7) is 0. The van der Waals surface area contributed by atoms with Crippen molar-refractivity contribution in [2.24, 2.45) is 5.73 Å². The summed E-state index contributed by atoms with van der Waals surface area (Å²) < 4.78 is 40.6. The molecule has 0 unspecified atom stereocenters. The number of alkyl halides is 3. The third kappa shape index (κ3) is 2.26. The number of rotatable bonds is 2. The molecule has 0 spiro atoms. The van der Waals surface area contributed by atoms with Gasteiger partial charge in [0.25, 0.3) is 5.91 Å². The van der Waals surface area contributed by atoms with Crippen molar-refractivity contribution in [3.8, 4) is 11.4 Å². The Bertz CT molecular complexity index is 577. The average molecular weight is 259 g/mol. The first-order valence-corrected chi connectivity index (χ1v) is 4.41. The number of nitrogens with zero attached hydrogens (tertiary/aromatic N) is 4. The minimum atomic E-state index is -4.72. The monoisotopic (exact) mass is 259 g/mol. The summed E-state index contributed by atoms with van der Waals surface area (Å²) in [4.78, 5) is 20.9. The SMILES string of the molecule is NC(=O)c1ncc(-c2noc(C(F)(F)F)n2)cn1. The lowest BCUT2D eigenvalue weighted by molar-refractivity contribution is -0.159. The molecule has 7 nitrogen and oxygen atoms in total. The Hall–Kier alpha value is -2.52. The van der Waals surface area contributed by atoms with Crippen LogP contribution in [0.3, 0.4) is 0 Å². The molecule has 0 aliphatic carbocycles. The summed E-state index contributed by atoms with van der Waals surface area (Å²) in [6, 6.07) is 0. The van der Waals surface area contributed by atoms with Gasteiger partial charge in [-0.05, 0) is 0 Å². The molecular weight excluding hydrogens is 255 g/mol. The molecule has 2 rings (SSSR count). The Kier molecular flexibility index (Phi) is 2.69. The van der Waals surface area contributed by atoms with Gasteiger partial charge in [-0.15, -0.1) is 0 Å². The molecule has 2 heterocycles. The Morgan fingerprint density at radius 1 is 1.28 bits per heavy atom. The van der Waals surface area contributed by atoms with Gasteiger partial charge in [0.2, 0.25) is 11.6 Å². The summed E-state index contributed by atoms with van der Waals surface area (Å²) in [6.07, 6.45) is -2.59. The molecule has 1 amide bonds. The van der Waals surface area contributed by atoms with Crippen molar-refractivity contribution in [2.75, 3.05) is 0 Å². The second-order valence-electron chi connectivity index (χ2n) is 3.08. The molecule has 2 aromatic rings. The van der Waals surface area contributed by atoms with Crippen LogP contribution in [-0.4, -0.2) is 26.0 Å².